The summed E-state index contributed by atoms with van der Waals surface area (Å²) in [4.78, 5) is 16.6. The fourth-order valence-corrected chi connectivity index (χ4v) is 2.29. The Morgan fingerprint density at radius 1 is 1.27 bits per heavy atom. The number of hydrogen-bond acceptors (Lipinski definition) is 4. The molecule has 0 bridgehead atoms. The number of rotatable bonds is 4. The van der Waals surface area contributed by atoms with Gasteiger partial charge in [-0.2, -0.15) is 0 Å². The van der Waals surface area contributed by atoms with E-state index in [0.717, 1.165) is 11.1 Å². The molecule has 3 aromatic rings. The predicted octanol–water partition coefficient (Wildman–Crippen LogP) is 3.53. The van der Waals surface area contributed by atoms with Crippen molar-refractivity contribution in [2.75, 3.05) is 12.4 Å². The largest absolute Gasteiger partial charge is 0.441 e. The summed E-state index contributed by atoms with van der Waals surface area (Å²) >= 11 is 0. The van der Waals surface area contributed by atoms with Crippen molar-refractivity contribution in [2.45, 2.75) is 13.5 Å². The van der Waals surface area contributed by atoms with Crippen LogP contribution >= 0.6 is 0 Å². The Labute approximate surface area is 127 Å². The molecule has 0 radical (unpaired) electrons. The number of carbonyl (C=O) groups is 1. The summed E-state index contributed by atoms with van der Waals surface area (Å²) in [5.74, 6) is 0.434. The van der Waals surface area contributed by atoms with Crippen LogP contribution in [0.15, 0.2) is 46.9 Å². The van der Waals surface area contributed by atoms with Crippen molar-refractivity contribution in [3.05, 3.63) is 59.5 Å². The lowest BCUT2D eigenvalue weighted by Crippen LogP contribution is -2.12. The van der Waals surface area contributed by atoms with E-state index in [9.17, 15) is 4.79 Å². The van der Waals surface area contributed by atoms with Gasteiger partial charge in [0.1, 0.15) is 5.52 Å². The number of aryl methyl sites for hydroxylation is 1. The second kappa shape index (κ2) is 5.99. The lowest BCUT2D eigenvalue weighted by Gasteiger charge is -2.06. The molecule has 1 N–H and O–H groups in total. The zero-order valence-corrected chi connectivity index (χ0v) is 12.4. The number of anilines is 1. The molecular formula is C17H16N2O3. The first-order valence-electron chi connectivity index (χ1n) is 6.92. The molecule has 5 nitrogen and oxygen atoms in total. The molecule has 5 heteroatoms. The molecule has 3 rings (SSSR count). The summed E-state index contributed by atoms with van der Waals surface area (Å²) in [6.07, 6.45) is 0. The van der Waals surface area contributed by atoms with Crippen LogP contribution < -0.4 is 5.32 Å². The molecule has 2 aromatic carbocycles. The SMILES string of the molecule is COCc1cccc(C(=O)Nc2ccc3oc(C)nc3c2)c1. The van der Waals surface area contributed by atoms with Gasteiger partial charge in [0, 0.05) is 25.3 Å². The van der Waals surface area contributed by atoms with Crippen molar-refractivity contribution in [2.24, 2.45) is 0 Å². The van der Waals surface area contributed by atoms with Crippen molar-refractivity contribution in [1.29, 1.82) is 0 Å². The van der Waals surface area contributed by atoms with E-state index in [2.05, 4.69) is 10.3 Å². The molecule has 0 fully saturated rings. The first-order valence-corrected chi connectivity index (χ1v) is 6.92. The number of nitrogens with zero attached hydrogens (tertiary/aromatic N) is 1. The molecule has 1 amide bonds. The second-order valence-corrected chi connectivity index (χ2v) is 5.00. The highest BCUT2D eigenvalue weighted by atomic mass is 16.5. The number of aromatic nitrogens is 1. The molecule has 1 heterocycles. The number of fused-ring (bicyclic) bond motifs is 1. The molecule has 112 valence electrons. The third-order valence-electron chi connectivity index (χ3n) is 3.25. The van der Waals surface area contributed by atoms with E-state index in [1.54, 1.807) is 38.3 Å². The van der Waals surface area contributed by atoms with E-state index in [1.165, 1.54) is 0 Å². The second-order valence-electron chi connectivity index (χ2n) is 5.00. The summed E-state index contributed by atoms with van der Waals surface area (Å²) in [5.41, 5.74) is 3.66. The number of methoxy groups -OCH3 is 1. The van der Waals surface area contributed by atoms with Crippen LogP contribution in [0.1, 0.15) is 21.8 Å². The van der Waals surface area contributed by atoms with Crippen LogP contribution in [0.5, 0.6) is 0 Å². The number of benzene rings is 2. The number of carbonyl (C=O) groups excluding carboxylic acids is 1. The number of amides is 1. The topological polar surface area (TPSA) is 64.4 Å². The van der Waals surface area contributed by atoms with Crippen molar-refractivity contribution in [1.82, 2.24) is 4.98 Å². The van der Waals surface area contributed by atoms with Crippen LogP contribution in [-0.2, 0) is 11.3 Å². The van der Waals surface area contributed by atoms with Crippen LogP contribution in [0.25, 0.3) is 11.1 Å². The molecule has 0 saturated carbocycles. The summed E-state index contributed by atoms with van der Waals surface area (Å²) in [6.45, 7) is 2.27. The summed E-state index contributed by atoms with van der Waals surface area (Å²) < 4.78 is 10.5. The molecular weight excluding hydrogens is 280 g/mol. The minimum atomic E-state index is -0.169. The van der Waals surface area contributed by atoms with E-state index >= 15 is 0 Å². The fraction of sp³-hybridized carbons (Fsp3) is 0.176. The summed E-state index contributed by atoms with van der Waals surface area (Å²) in [6, 6.07) is 12.7. The van der Waals surface area contributed by atoms with Crippen LogP contribution in [0.4, 0.5) is 5.69 Å². The van der Waals surface area contributed by atoms with Gasteiger partial charge in [-0.05, 0) is 35.9 Å². The zero-order valence-electron chi connectivity index (χ0n) is 12.4. The van der Waals surface area contributed by atoms with Crippen LogP contribution in [0.2, 0.25) is 0 Å². The minimum absolute atomic E-state index is 0.169. The van der Waals surface area contributed by atoms with Crippen LogP contribution in [0.3, 0.4) is 0 Å². The predicted molar refractivity (Wildman–Crippen MR) is 83.9 cm³/mol. The van der Waals surface area contributed by atoms with Gasteiger partial charge in [0.05, 0.1) is 6.61 Å². The van der Waals surface area contributed by atoms with Gasteiger partial charge in [-0.15, -0.1) is 0 Å². The van der Waals surface area contributed by atoms with Gasteiger partial charge in [-0.25, -0.2) is 4.98 Å². The van der Waals surface area contributed by atoms with Gasteiger partial charge in [-0.1, -0.05) is 12.1 Å². The maximum absolute atomic E-state index is 12.3. The highest BCUT2D eigenvalue weighted by Gasteiger charge is 2.09. The first kappa shape index (κ1) is 14.3. The Kier molecular flexibility index (Phi) is 3.89. The molecule has 1 aromatic heterocycles. The third-order valence-corrected chi connectivity index (χ3v) is 3.25. The molecule has 0 unspecified atom stereocenters. The number of hydrogen-bond donors (Lipinski definition) is 1. The molecule has 0 aliphatic carbocycles. The van der Waals surface area contributed by atoms with Gasteiger partial charge >= 0.3 is 0 Å². The van der Waals surface area contributed by atoms with E-state index in [-0.39, 0.29) is 5.91 Å². The maximum Gasteiger partial charge on any atom is 0.255 e. The van der Waals surface area contributed by atoms with E-state index in [4.69, 9.17) is 9.15 Å². The van der Waals surface area contributed by atoms with E-state index in [0.29, 0.717) is 29.3 Å². The Balaban J connectivity index is 1.81. The molecule has 0 atom stereocenters. The molecule has 0 aliphatic rings. The Bertz CT molecular complexity index is 824. The standard InChI is InChI=1S/C17H16N2O3/c1-11-18-15-9-14(6-7-16(15)22-11)19-17(20)13-5-3-4-12(8-13)10-21-2/h3-9H,10H2,1-2H3,(H,19,20). The fourth-order valence-electron chi connectivity index (χ4n) is 2.29. The average Bonchev–Trinajstić information content (AvgIpc) is 2.87. The van der Waals surface area contributed by atoms with Crippen LogP contribution in [0, 0.1) is 6.92 Å². The van der Waals surface area contributed by atoms with Crippen molar-refractivity contribution < 1.29 is 13.9 Å². The molecule has 0 saturated heterocycles. The van der Waals surface area contributed by atoms with Crippen LogP contribution in [-0.4, -0.2) is 18.0 Å². The lowest BCUT2D eigenvalue weighted by molar-refractivity contribution is 0.102. The Morgan fingerprint density at radius 2 is 2.14 bits per heavy atom. The first-order chi connectivity index (χ1) is 10.7. The maximum atomic E-state index is 12.3. The lowest BCUT2D eigenvalue weighted by atomic mass is 10.1. The van der Waals surface area contributed by atoms with E-state index < -0.39 is 0 Å². The molecule has 0 aliphatic heterocycles. The highest BCUT2D eigenvalue weighted by molar-refractivity contribution is 6.05. The molecule has 0 spiro atoms. The quantitative estimate of drug-likeness (QED) is 0.800. The number of ether oxygens (including phenoxy) is 1. The Morgan fingerprint density at radius 3 is 2.95 bits per heavy atom. The van der Waals surface area contributed by atoms with E-state index in [1.807, 2.05) is 18.2 Å². The minimum Gasteiger partial charge on any atom is -0.441 e. The van der Waals surface area contributed by atoms with Gasteiger partial charge in [0.15, 0.2) is 11.5 Å². The number of nitrogens with one attached hydrogen (secondary N) is 1. The average molecular weight is 296 g/mol. The monoisotopic (exact) mass is 296 g/mol. The highest BCUT2D eigenvalue weighted by Crippen LogP contribution is 2.20. The normalized spacial score (nSPS) is 10.8. The zero-order chi connectivity index (χ0) is 15.5. The Hall–Kier alpha value is -2.66. The van der Waals surface area contributed by atoms with Crippen molar-refractivity contribution >= 4 is 22.7 Å². The summed E-state index contributed by atoms with van der Waals surface area (Å²) in [5, 5.41) is 2.87. The van der Waals surface area contributed by atoms with Gasteiger partial charge in [-0.3, -0.25) is 4.79 Å². The number of oxazole rings is 1. The molecule has 22 heavy (non-hydrogen) atoms. The van der Waals surface area contributed by atoms with Crippen molar-refractivity contribution in [3.63, 3.8) is 0 Å². The van der Waals surface area contributed by atoms with Crippen molar-refractivity contribution in [3.8, 4) is 0 Å². The van der Waals surface area contributed by atoms with Gasteiger partial charge < -0.3 is 14.5 Å². The summed E-state index contributed by atoms with van der Waals surface area (Å²) in [7, 11) is 1.63. The third kappa shape index (κ3) is 2.99. The van der Waals surface area contributed by atoms with Gasteiger partial charge in [0.25, 0.3) is 5.91 Å². The smallest absolute Gasteiger partial charge is 0.255 e. The van der Waals surface area contributed by atoms with Gasteiger partial charge in [0.2, 0.25) is 0 Å².